The van der Waals surface area contributed by atoms with E-state index in [0.717, 1.165) is 19.2 Å². The molecule has 11 nitrogen and oxygen atoms in total. The van der Waals surface area contributed by atoms with Crippen molar-refractivity contribution in [2.45, 2.75) is 44.9 Å². The van der Waals surface area contributed by atoms with Crippen LogP contribution in [-0.4, -0.2) is 46.8 Å². The molecule has 12 heteroatoms. The van der Waals surface area contributed by atoms with E-state index < -0.39 is 52.1 Å². The smallest absolute Gasteiger partial charge is 0.408 e. The summed E-state index contributed by atoms with van der Waals surface area (Å²) in [7, 11) is 1.09. The molecule has 3 N–H and O–H groups in total. The minimum Gasteiger partial charge on any atom is -0.508 e. The number of hydrogen-bond acceptors (Lipinski definition) is 8. The van der Waals surface area contributed by atoms with Gasteiger partial charge in [-0.25, -0.2) is 9.59 Å². The molecule has 0 aliphatic rings. The summed E-state index contributed by atoms with van der Waals surface area (Å²) in [6, 6.07) is 5.82. The van der Waals surface area contributed by atoms with Crippen molar-refractivity contribution in [3.05, 3.63) is 69.5 Å². The Labute approximate surface area is 200 Å². The summed E-state index contributed by atoms with van der Waals surface area (Å²) >= 11 is 0. The molecule has 0 aliphatic carbocycles. The lowest BCUT2D eigenvalue weighted by atomic mass is 10.0. The number of phenolic OH excluding ortho intramolecular Hbond substituents is 1. The fourth-order valence-electron chi connectivity index (χ4n) is 3.04. The largest absolute Gasteiger partial charge is 0.508 e. The number of ether oxygens (including phenoxy) is 2. The van der Waals surface area contributed by atoms with Crippen LogP contribution < -0.4 is 10.6 Å². The van der Waals surface area contributed by atoms with Crippen LogP contribution in [0, 0.1) is 15.9 Å². The maximum Gasteiger partial charge on any atom is 0.408 e. The van der Waals surface area contributed by atoms with Crippen LogP contribution in [-0.2, 0) is 25.5 Å². The topological polar surface area (TPSA) is 157 Å². The molecule has 0 bridgehead atoms. The van der Waals surface area contributed by atoms with Crippen molar-refractivity contribution in [2.75, 3.05) is 7.11 Å². The van der Waals surface area contributed by atoms with Gasteiger partial charge in [-0.2, -0.15) is 4.39 Å². The molecule has 0 spiro atoms. The number of benzene rings is 2. The molecule has 2 atom stereocenters. The first-order valence-corrected chi connectivity index (χ1v) is 10.4. The molecule has 0 unspecified atom stereocenters. The monoisotopic (exact) mass is 491 g/mol. The van der Waals surface area contributed by atoms with Crippen molar-refractivity contribution in [1.29, 1.82) is 0 Å². The van der Waals surface area contributed by atoms with Crippen molar-refractivity contribution in [3.8, 4) is 5.75 Å². The SMILES string of the molecule is COC(=O)[C@H](Cc1ccc(F)c([N+](=O)[O-])c1)NC(=O)[C@H](NC(=O)OC(C)(C)C)c1ccc(O)cc1. The van der Waals surface area contributed by atoms with Crippen LogP contribution in [0.15, 0.2) is 42.5 Å². The van der Waals surface area contributed by atoms with Gasteiger partial charge in [0.2, 0.25) is 11.7 Å². The van der Waals surface area contributed by atoms with Crippen molar-refractivity contribution in [3.63, 3.8) is 0 Å². The van der Waals surface area contributed by atoms with E-state index in [1.165, 1.54) is 30.3 Å². The number of nitro benzene ring substituents is 1. The summed E-state index contributed by atoms with van der Waals surface area (Å²) in [5.41, 5.74) is -1.18. The summed E-state index contributed by atoms with van der Waals surface area (Å²) in [6.45, 7) is 4.91. The van der Waals surface area contributed by atoms with Gasteiger partial charge in [-0.05, 0) is 50.1 Å². The maximum absolute atomic E-state index is 13.7. The zero-order valence-corrected chi connectivity index (χ0v) is 19.5. The Kier molecular flexibility index (Phi) is 8.70. The third-order valence-electron chi connectivity index (χ3n) is 4.60. The van der Waals surface area contributed by atoms with Gasteiger partial charge in [0.1, 0.15) is 23.4 Å². The number of halogens is 1. The van der Waals surface area contributed by atoms with E-state index in [4.69, 9.17) is 9.47 Å². The maximum atomic E-state index is 13.7. The Bertz CT molecular complexity index is 1100. The molecule has 2 aromatic rings. The van der Waals surface area contributed by atoms with Gasteiger partial charge < -0.3 is 25.2 Å². The van der Waals surface area contributed by atoms with Crippen molar-refractivity contribution in [1.82, 2.24) is 10.6 Å². The zero-order valence-electron chi connectivity index (χ0n) is 19.5. The highest BCUT2D eigenvalue weighted by molar-refractivity contribution is 5.90. The van der Waals surface area contributed by atoms with E-state index in [1.54, 1.807) is 20.8 Å². The zero-order chi connectivity index (χ0) is 26.3. The molecular weight excluding hydrogens is 465 g/mol. The average molecular weight is 491 g/mol. The summed E-state index contributed by atoms with van der Waals surface area (Å²) < 4.78 is 23.6. The van der Waals surface area contributed by atoms with Crippen LogP contribution in [0.25, 0.3) is 0 Å². The molecule has 2 rings (SSSR count). The van der Waals surface area contributed by atoms with E-state index in [-0.39, 0.29) is 23.3 Å². The first-order chi connectivity index (χ1) is 16.3. The molecular formula is C23H26FN3O8. The summed E-state index contributed by atoms with van der Waals surface area (Å²) in [5, 5.41) is 25.5. The number of methoxy groups -OCH3 is 1. The molecule has 0 radical (unpaired) electrons. The molecule has 0 heterocycles. The number of nitrogens with one attached hydrogen (secondary N) is 2. The van der Waals surface area contributed by atoms with Gasteiger partial charge in [0, 0.05) is 12.5 Å². The van der Waals surface area contributed by atoms with Gasteiger partial charge >= 0.3 is 17.7 Å². The number of phenols is 1. The van der Waals surface area contributed by atoms with Crippen LogP contribution in [0.5, 0.6) is 5.75 Å². The Morgan fingerprint density at radius 3 is 2.29 bits per heavy atom. The van der Waals surface area contributed by atoms with Gasteiger partial charge in [-0.3, -0.25) is 14.9 Å². The quantitative estimate of drug-likeness (QED) is 0.289. The van der Waals surface area contributed by atoms with Gasteiger partial charge in [0.05, 0.1) is 12.0 Å². The summed E-state index contributed by atoms with van der Waals surface area (Å²) in [4.78, 5) is 48.0. The number of nitrogens with zero attached hydrogens (tertiary/aromatic N) is 1. The Balaban J connectivity index is 2.32. The number of alkyl carbamates (subject to hydrolysis) is 1. The third kappa shape index (κ3) is 7.95. The lowest BCUT2D eigenvalue weighted by Gasteiger charge is -2.25. The molecule has 2 aromatic carbocycles. The minimum absolute atomic E-state index is 0.0736. The van der Waals surface area contributed by atoms with Gasteiger partial charge in [0.15, 0.2) is 0 Å². The first-order valence-electron chi connectivity index (χ1n) is 10.4. The van der Waals surface area contributed by atoms with Crippen LogP contribution in [0.1, 0.15) is 37.9 Å². The predicted molar refractivity (Wildman–Crippen MR) is 121 cm³/mol. The van der Waals surface area contributed by atoms with Gasteiger partial charge in [-0.15, -0.1) is 0 Å². The highest BCUT2D eigenvalue weighted by atomic mass is 19.1. The predicted octanol–water partition coefficient (Wildman–Crippen LogP) is 2.91. The minimum atomic E-state index is -1.33. The second-order valence-corrected chi connectivity index (χ2v) is 8.50. The fraction of sp³-hybridized carbons (Fsp3) is 0.348. The van der Waals surface area contributed by atoms with E-state index >= 15 is 0 Å². The Morgan fingerprint density at radius 2 is 1.74 bits per heavy atom. The van der Waals surface area contributed by atoms with Crippen molar-refractivity contribution >= 4 is 23.7 Å². The van der Waals surface area contributed by atoms with E-state index in [1.807, 2.05) is 0 Å². The van der Waals surface area contributed by atoms with E-state index in [9.17, 15) is 34.0 Å². The molecule has 188 valence electrons. The molecule has 0 aromatic heterocycles. The normalized spacial score (nSPS) is 12.7. The number of hydrogen-bond donors (Lipinski definition) is 3. The second kappa shape index (κ2) is 11.3. The summed E-state index contributed by atoms with van der Waals surface area (Å²) in [6.07, 6.45) is -1.16. The number of rotatable bonds is 8. The fourth-order valence-corrected chi connectivity index (χ4v) is 3.04. The number of aromatic hydroxyl groups is 1. The molecule has 35 heavy (non-hydrogen) atoms. The van der Waals surface area contributed by atoms with Crippen molar-refractivity contribution in [2.24, 2.45) is 0 Å². The average Bonchev–Trinajstić information content (AvgIpc) is 2.76. The number of amides is 2. The number of nitro groups is 1. The Morgan fingerprint density at radius 1 is 1.11 bits per heavy atom. The molecule has 2 amide bonds. The van der Waals surface area contributed by atoms with Gasteiger partial charge in [0.25, 0.3) is 0 Å². The summed E-state index contributed by atoms with van der Waals surface area (Å²) in [5.74, 6) is -2.82. The van der Waals surface area contributed by atoms with Crippen molar-refractivity contribution < 1.29 is 38.3 Å². The number of esters is 1. The van der Waals surface area contributed by atoms with Crippen LogP contribution in [0.3, 0.4) is 0 Å². The van der Waals surface area contributed by atoms with Gasteiger partial charge in [-0.1, -0.05) is 18.2 Å². The van der Waals surface area contributed by atoms with E-state index in [0.29, 0.717) is 0 Å². The molecule has 0 saturated heterocycles. The molecule has 0 saturated carbocycles. The molecule has 0 aliphatic heterocycles. The van der Waals surface area contributed by atoms with E-state index in [2.05, 4.69) is 10.6 Å². The first kappa shape index (κ1) is 27.0. The number of carbonyl (C=O) groups excluding carboxylic acids is 3. The Hall–Kier alpha value is -4.22. The third-order valence-corrected chi connectivity index (χ3v) is 4.60. The van der Waals surface area contributed by atoms with Crippen LogP contribution in [0.4, 0.5) is 14.9 Å². The number of carbonyl (C=O) groups is 3. The second-order valence-electron chi connectivity index (χ2n) is 8.50. The standard InChI is InChI=1S/C23H26FN3O8/c1-23(2,3)35-22(31)26-19(14-6-8-15(28)9-7-14)20(29)25-17(21(30)34-4)11-13-5-10-16(24)18(12-13)27(32)33/h5-10,12,17,19,28H,11H2,1-4H3,(H,25,29)(H,26,31)/t17-,19+/m0/s1. The lowest BCUT2D eigenvalue weighted by molar-refractivity contribution is -0.387. The lowest BCUT2D eigenvalue weighted by Crippen LogP contribution is -2.49. The highest BCUT2D eigenvalue weighted by Crippen LogP contribution is 2.21. The van der Waals surface area contributed by atoms with Crippen LogP contribution in [0.2, 0.25) is 0 Å². The molecule has 0 fully saturated rings. The highest BCUT2D eigenvalue weighted by Gasteiger charge is 2.30. The van der Waals surface area contributed by atoms with Crippen LogP contribution >= 0.6 is 0 Å².